The molecule has 106 valence electrons. The standard InChI is InChI=1S/C15H28O3/c16-14-12-10-8-6-4-2-1-3-5-7-9-11-13-15(17)18/h9,11,16H,1-8,10,12-14H2,(H,17,18). The second kappa shape index (κ2) is 14.2. The van der Waals surface area contributed by atoms with E-state index in [1.165, 1.54) is 44.9 Å². The number of carboxylic acids is 1. The van der Waals surface area contributed by atoms with Gasteiger partial charge in [0.2, 0.25) is 0 Å². The number of carbonyl (C=O) groups is 1. The highest BCUT2D eigenvalue weighted by atomic mass is 16.4. The Labute approximate surface area is 111 Å². The Morgan fingerprint density at radius 1 is 0.778 bits per heavy atom. The fraction of sp³-hybridized carbons (Fsp3) is 0.800. The summed E-state index contributed by atoms with van der Waals surface area (Å²) in [5.74, 6) is -0.757. The Balaban J connectivity index is 3.03. The van der Waals surface area contributed by atoms with Gasteiger partial charge in [0.15, 0.2) is 0 Å². The first-order valence-electron chi connectivity index (χ1n) is 7.25. The van der Waals surface area contributed by atoms with E-state index >= 15 is 0 Å². The van der Waals surface area contributed by atoms with Gasteiger partial charge in [-0.2, -0.15) is 0 Å². The normalized spacial score (nSPS) is 11.2. The van der Waals surface area contributed by atoms with Gasteiger partial charge < -0.3 is 10.2 Å². The van der Waals surface area contributed by atoms with E-state index in [2.05, 4.69) is 0 Å². The lowest BCUT2D eigenvalue weighted by molar-refractivity contribution is -0.136. The molecule has 0 fully saturated rings. The van der Waals surface area contributed by atoms with Crippen molar-refractivity contribution in [1.29, 1.82) is 0 Å². The Kier molecular flexibility index (Phi) is 13.6. The number of carboxylic acid groups (broad SMARTS) is 1. The van der Waals surface area contributed by atoms with E-state index in [1.54, 1.807) is 6.08 Å². The Morgan fingerprint density at radius 2 is 1.28 bits per heavy atom. The highest BCUT2D eigenvalue weighted by Crippen LogP contribution is 2.10. The number of aliphatic hydroxyl groups excluding tert-OH is 1. The molecule has 0 saturated carbocycles. The summed E-state index contributed by atoms with van der Waals surface area (Å²) in [6.45, 7) is 0.329. The smallest absolute Gasteiger partial charge is 0.307 e. The van der Waals surface area contributed by atoms with Crippen LogP contribution >= 0.6 is 0 Å². The largest absolute Gasteiger partial charge is 0.481 e. The first kappa shape index (κ1) is 17.2. The molecule has 0 heterocycles. The quantitative estimate of drug-likeness (QED) is 0.388. The Hall–Kier alpha value is -0.830. The minimum atomic E-state index is -0.757. The van der Waals surface area contributed by atoms with Crippen LogP contribution in [0.1, 0.15) is 70.6 Å². The average molecular weight is 256 g/mol. The van der Waals surface area contributed by atoms with E-state index in [1.807, 2.05) is 6.08 Å². The van der Waals surface area contributed by atoms with Gasteiger partial charge in [-0.05, 0) is 19.3 Å². The molecular weight excluding hydrogens is 228 g/mol. The number of aliphatic hydroxyl groups is 1. The second-order valence-corrected chi connectivity index (χ2v) is 4.76. The average Bonchev–Trinajstić information content (AvgIpc) is 2.34. The Morgan fingerprint density at radius 3 is 1.78 bits per heavy atom. The van der Waals surface area contributed by atoms with Crippen molar-refractivity contribution >= 4 is 5.97 Å². The number of rotatable bonds is 13. The number of hydrogen-bond acceptors (Lipinski definition) is 2. The van der Waals surface area contributed by atoms with Crippen LogP contribution in [0.2, 0.25) is 0 Å². The van der Waals surface area contributed by atoms with Crippen molar-refractivity contribution in [3.05, 3.63) is 12.2 Å². The van der Waals surface area contributed by atoms with Crippen LogP contribution in [-0.2, 0) is 4.79 Å². The minimum absolute atomic E-state index is 0.147. The lowest BCUT2D eigenvalue weighted by Gasteiger charge is -2.01. The van der Waals surface area contributed by atoms with Gasteiger partial charge in [0.25, 0.3) is 0 Å². The highest BCUT2D eigenvalue weighted by Gasteiger charge is 1.92. The molecule has 0 amide bonds. The highest BCUT2D eigenvalue weighted by molar-refractivity contribution is 5.68. The predicted molar refractivity (Wildman–Crippen MR) is 74.6 cm³/mol. The summed E-state index contributed by atoms with van der Waals surface area (Å²) in [6, 6.07) is 0. The molecule has 3 heteroatoms. The van der Waals surface area contributed by atoms with Crippen molar-refractivity contribution in [3.63, 3.8) is 0 Å². The number of hydrogen-bond donors (Lipinski definition) is 2. The van der Waals surface area contributed by atoms with E-state index in [9.17, 15) is 4.79 Å². The van der Waals surface area contributed by atoms with E-state index in [0.717, 1.165) is 19.3 Å². The fourth-order valence-electron chi connectivity index (χ4n) is 1.91. The summed E-state index contributed by atoms with van der Waals surface area (Å²) >= 11 is 0. The van der Waals surface area contributed by atoms with Crippen molar-refractivity contribution in [3.8, 4) is 0 Å². The maximum Gasteiger partial charge on any atom is 0.307 e. The van der Waals surface area contributed by atoms with Crippen LogP contribution in [0, 0.1) is 0 Å². The molecule has 18 heavy (non-hydrogen) atoms. The third-order valence-electron chi connectivity index (χ3n) is 2.99. The van der Waals surface area contributed by atoms with Gasteiger partial charge in [-0.1, -0.05) is 57.1 Å². The summed E-state index contributed by atoms with van der Waals surface area (Å²) < 4.78 is 0. The molecule has 0 aliphatic rings. The van der Waals surface area contributed by atoms with E-state index in [0.29, 0.717) is 6.61 Å². The zero-order valence-electron chi connectivity index (χ0n) is 11.4. The van der Waals surface area contributed by atoms with Crippen LogP contribution in [-0.4, -0.2) is 22.8 Å². The second-order valence-electron chi connectivity index (χ2n) is 4.76. The van der Waals surface area contributed by atoms with Crippen LogP contribution in [0.4, 0.5) is 0 Å². The van der Waals surface area contributed by atoms with Crippen molar-refractivity contribution in [2.75, 3.05) is 6.61 Å². The number of aliphatic carboxylic acids is 1. The zero-order chi connectivity index (χ0) is 13.5. The van der Waals surface area contributed by atoms with Gasteiger partial charge in [-0.15, -0.1) is 0 Å². The van der Waals surface area contributed by atoms with E-state index < -0.39 is 5.97 Å². The molecule has 2 N–H and O–H groups in total. The molecule has 0 aliphatic heterocycles. The maximum atomic E-state index is 10.2. The third-order valence-corrected chi connectivity index (χ3v) is 2.99. The summed E-state index contributed by atoms with van der Waals surface area (Å²) in [4.78, 5) is 10.2. The first-order valence-corrected chi connectivity index (χ1v) is 7.25. The summed E-state index contributed by atoms with van der Waals surface area (Å²) in [7, 11) is 0. The number of unbranched alkanes of at least 4 members (excludes halogenated alkanes) is 9. The van der Waals surface area contributed by atoms with Crippen LogP contribution in [0.5, 0.6) is 0 Å². The topological polar surface area (TPSA) is 57.5 Å². The maximum absolute atomic E-state index is 10.2. The molecule has 0 aromatic rings. The predicted octanol–water partition coefficient (Wildman–Crippen LogP) is 3.91. The molecular formula is C15H28O3. The van der Waals surface area contributed by atoms with Crippen molar-refractivity contribution in [1.82, 2.24) is 0 Å². The van der Waals surface area contributed by atoms with Gasteiger partial charge >= 0.3 is 5.97 Å². The summed E-state index contributed by atoms with van der Waals surface area (Å²) in [6.07, 6.45) is 15.8. The van der Waals surface area contributed by atoms with Crippen LogP contribution in [0.3, 0.4) is 0 Å². The molecule has 0 saturated heterocycles. The van der Waals surface area contributed by atoms with Crippen molar-refractivity contribution < 1.29 is 15.0 Å². The van der Waals surface area contributed by atoms with Gasteiger partial charge in [0.05, 0.1) is 6.42 Å². The zero-order valence-corrected chi connectivity index (χ0v) is 11.4. The van der Waals surface area contributed by atoms with Gasteiger partial charge in [0.1, 0.15) is 0 Å². The fourth-order valence-corrected chi connectivity index (χ4v) is 1.91. The van der Waals surface area contributed by atoms with Gasteiger partial charge in [0, 0.05) is 6.61 Å². The van der Waals surface area contributed by atoms with E-state index in [4.69, 9.17) is 10.2 Å². The third kappa shape index (κ3) is 15.2. The van der Waals surface area contributed by atoms with Crippen LogP contribution in [0.25, 0.3) is 0 Å². The molecule has 0 aromatic heterocycles. The first-order chi connectivity index (χ1) is 8.77. The minimum Gasteiger partial charge on any atom is -0.481 e. The molecule has 0 rings (SSSR count). The van der Waals surface area contributed by atoms with Gasteiger partial charge in [-0.3, -0.25) is 4.79 Å². The van der Waals surface area contributed by atoms with Crippen LogP contribution < -0.4 is 0 Å². The molecule has 0 atom stereocenters. The number of allylic oxidation sites excluding steroid dienone is 1. The molecule has 3 nitrogen and oxygen atoms in total. The van der Waals surface area contributed by atoms with Crippen LogP contribution in [0.15, 0.2) is 12.2 Å². The lowest BCUT2D eigenvalue weighted by atomic mass is 10.1. The summed E-state index contributed by atoms with van der Waals surface area (Å²) in [5.41, 5.74) is 0. The van der Waals surface area contributed by atoms with Crippen molar-refractivity contribution in [2.24, 2.45) is 0 Å². The van der Waals surface area contributed by atoms with Crippen molar-refractivity contribution in [2.45, 2.75) is 70.6 Å². The summed E-state index contributed by atoms with van der Waals surface area (Å²) in [5, 5.41) is 17.0. The molecule has 0 radical (unpaired) electrons. The SMILES string of the molecule is O=C(O)CC=CCCCCCCCCCCCO. The molecule has 0 unspecified atom stereocenters. The lowest BCUT2D eigenvalue weighted by Crippen LogP contribution is -1.89. The molecule has 0 bridgehead atoms. The Bertz CT molecular complexity index is 212. The van der Waals surface area contributed by atoms with Gasteiger partial charge in [-0.25, -0.2) is 0 Å². The van der Waals surface area contributed by atoms with E-state index in [-0.39, 0.29) is 6.42 Å². The monoisotopic (exact) mass is 256 g/mol. The molecule has 0 spiro atoms. The molecule has 0 aromatic carbocycles. The molecule has 0 aliphatic carbocycles.